The minimum atomic E-state index is -1.01. The number of carbonyl (C=O) groups is 1. The number of unbranched alkanes of at least 4 members (excludes halogenated alkanes) is 2. The van der Waals surface area contributed by atoms with Gasteiger partial charge in [0.2, 0.25) is 0 Å². The first-order chi connectivity index (χ1) is 9.20. The van der Waals surface area contributed by atoms with Gasteiger partial charge in [-0.25, -0.2) is 4.79 Å². The van der Waals surface area contributed by atoms with Crippen LogP contribution in [0.3, 0.4) is 0 Å². The molecule has 2 aromatic rings. The number of aromatic carboxylic acids is 1. The van der Waals surface area contributed by atoms with Crippen LogP contribution in [0.15, 0.2) is 22.6 Å². The van der Waals surface area contributed by atoms with E-state index in [0.29, 0.717) is 17.7 Å². The average Bonchev–Trinajstić information content (AvgIpc) is 2.80. The predicted molar refractivity (Wildman–Crippen MR) is 67.4 cm³/mol. The summed E-state index contributed by atoms with van der Waals surface area (Å²) in [4.78, 5) is 14.9. The van der Waals surface area contributed by atoms with E-state index in [0.717, 1.165) is 19.3 Å². The third-order valence-corrected chi connectivity index (χ3v) is 2.64. The Kier molecular flexibility index (Phi) is 4.35. The molecule has 19 heavy (non-hydrogen) atoms. The lowest BCUT2D eigenvalue weighted by Gasteiger charge is -1.99. The lowest BCUT2D eigenvalue weighted by Crippen LogP contribution is -1.97. The van der Waals surface area contributed by atoms with Crippen molar-refractivity contribution in [1.29, 1.82) is 0 Å². The van der Waals surface area contributed by atoms with Crippen molar-refractivity contribution in [3.8, 4) is 6.08 Å². The van der Waals surface area contributed by atoms with Gasteiger partial charge in [-0.15, -0.1) is 0 Å². The number of rotatable bonds is 7. The zero-order chi connectivity index (χ0) is 13.7. The predicted octanol–water partition coefficient (Wildman–Crippen LogP) is 2.07. The van der Waals surface area contributed by atoms with Gasteiger partial charge in [0, 0.05) is 6.61 Å². The number of carboxylic acids is 1. The molecule has 0 saturated heterocycles. The number of carboxylic acid groups (broad SMARTS) is 1. The summed E-state index contributed by atoms with van der Waals surface area (Å²) in [7, 11) is 0. The second kappa shape index (κ2) is 6.19. The molecule has 0 aliphatic carbocycles. The van der Waals surface area contributed by atoms with Gasteiger partial charge in [-0.05, 0) is 37.5 Å². The molecular weight excluding hydrogens is 250 g/mol. The molecule has 2 N–H and O–H groups in total. The maximum absolute atomic E-state index is 10.8. The van der Waals surface area contributed by atoms with E-state index in [2.05, 4.69) is 4.98 Å². The van der Waals surface area contributed by atoms with Crippen LogP contribution >= 0.6 is 0 Å². The highest BCUT2D eigenvalue weighted by atomic mass is 16.6. The van der Waals surface area contributed by atoms with Crippen LogP contribution in [-0.4, -0.2) is 34.4 Å². The van der Waals surface area contributed by atoms with Gasteiger partial charge in [0.15, 0.2) is 5.58 Å². The second-order valence-electron chi connectivity index (χ2n) is 4.10. The van der Waals surface area contributed by atoms with Crippen molar-refractivity contribution in [3.05, 3.63) is 23.8 Å². The van der Waals surface area contributed by atoms with Crippen molar-refractivity contribution in [1.82, 2.24) is 4.98 Å². The molecule has 6 nitrogen and oxygen atoms in total. The fourth-order valence-corrected chi connectivity index (χ4v) is 1.65. The topological polar surface area (TPSA) is 92.8 Å². The fraction of sp³-hybridized carbons (Fsp3) is 0.385. The minimum Gasteiger partial charge on any atom is -0.478 e. The van der Waals surface area contributed by atoms with Crippen LogP contribution < -0.4 is 4.74 Å². The summed E-state index contributed by atoms with van der Waals surface area (Å²) in [6.07, 6.45) is 2.57. The summed E-state index contributed by atoms with van der Waals surface area (Å²) >= 11 is 0. The Morgan fingerprint density at radius 2 is 2.16 bits per heavy atom. The van der Waals surface area contributed by atoms with Gasteiger partial charge in [0.25, 0.3) is 0 Å². The maximum Gasteiger partial charge on any atom is 0.394 e. The fourth-order valence-electron chi connectivity index (χ4n) is 1.65. The Morgan fingerprint density at radius 1 is 1.32 bits per heavy atom. The molecule has 0 fully saturated rings. The number of ether oxygens (including phenoxy) is 1. The van der Waals surface area contributed by atoms with Gasteiger partial charge in [0.05, 0.1) is 12.2 Å². The largest absolute Gasteiger partial charge is 0.478 e. The number of benzene rings is 1. The first-order valence-electron chi connectivity index (χ1n) is 6.08. The summed E-state index contributed by atoms with van der Waals surface area (Å²) < 4.78 is 10.7. The molecule has 2 rings (SSSR count). The van der Waals surface area contributed by atoms with Gasteiger partial charge in [-0.2, -0.15) is 4.98 Å². The maximum atomic E-state index is 10.8. The van der Waals surface area contributed by atoms with Crippen LogP contribution in [0.4, 0.5) is 0 Å². The number of aliphatic hydroxyl groups is 1. The third kappa shape index (κ3) is 3.45. The zero-order valence-corrected chi connectivity index (χ0v) is 10.3. The molecule has 0 amide bonds. The average molecular weight is 265 g/mol. The van der Waals surface area contributed by atoms with Gasteiger partial charge in [0.1, 0.15) is 5.52 Å². The molecule has 0 aliphatic heterocycles. The SMILES string of the molecule is O=C(O)c1ccc2nc(OCCCCCO)oc2c1. The van der Waals surface area contributed by atoms with Crippen LogP contribution in [-0.2, 0) is 0 Å². The standard InChI is InChI=1S/C13H15NO5/c15-6-2-1-3-7-18-13-14-10-5-4-9(12(16)17)8-11(10)19-13/h4-5,8,15H,1-3,6-7H2,(H,16,17). The van der Waals surface area contributed by atoms with Crippen molar-refractivity contribution in [2.75, 3.05) is 13.2 Å². The van der Waals surface area contributed by atoms with Crippen molar-refractivity contribution < 1.29 is 24.2 Å². The van der Waals surface area contributed by atoms with E-state index in [1.54, 1.807) is 6.07 Å². The normalized spacial score (nSPS) is 10.8. The van der Waals surface area contributed by atoms with E-state index in [1.807, 2.05) is 0 Å². The smallest absolute Gasteiger partial charge is 0.394 e. The molecule has 102 valence electrons. The lowest BCUT2D eigenvalue weighted by atomic mass is 10.2. The molecule has 0 saturated carbocycles. The highest BCUT2D eigenvalue weighted by molar-refractivity contribution is 5.91. The number of oxazole rings is 1. The van der Waals surface area contributed by atoms with Gasteiger partial charge < -0.3 is 19.4 Å². The Balaban J connectivity index is 1.99. The number of nitrogens with zero attached hydrogens (tertiary/aromatic N) is 1. The molecule has 0 unspecified atom stereocenters. The van der Waals surface area contributed by atoms with Crippen LogP contribution in [0, 0.1) is 0 Å². The lowest BCUT2D eigenvalue weighted by molar-refractivity contribution is 0.0697. The molecule has 0 bridgehead atoms. The highest BCUT2D eigenvalue weighted by Gasteiger charge is 2.10. The van der Waals surface area contributed by atoms with E-state index in [1.165, 1.54) is 12.1 Å². The quantitative estimate of drug-likeness (QED) is 0.744. The number of hydrogen-bond acceptors (Lipinski definition) is 5. The molecule has 0 radical (unpaired) electrons. The molecular formula is C13H15NO5. The first-order valence-corrected chi connectivity index (χ1v) is 6.08. The number of aromatic nitrogens is 1. The highest BCUT2D eigenvalue weighted by Crippen LogP contribution is 2.22. The molecule has 0 atom stereocenters. The molecule has 1 aromatic heterocycles. The summed E-state index contributed by atoms with van der Waals surface area (Å²) in [5.74, 6) is -1.01. The minimum absolute atomic E-state index is 0.140. The molecule has 0 aliphatic rings. The molecule has 1 aromatic carbocycles. The Hall–Kier alpha value is -2.08. The Labute approximate surface area is 109 Å². The summed E-state index contributed by atoms with van der Waals surface area (Å²) in [6, 6.07) is 4.47. The van der Waals surface area contributed by atoms with Crippen LogP contribution in [0.5, 0.6) is 6.08 Å². The van der Waals surface area contributed by atoms with Crippen molar-refractivity contribution in [2.24, 2.45) is 0 Å². The molecule has 6 heteroatoms. The number of aliphatic hydroxyl groups excluding tert-OH is 1. The summed E-state index contributed by atoms with van der Waals surface area (Å²) in [5, 5.41) is 17.5. The van der Waals surface area contributed by atoms with Crippen LogP contribution in [0.25, 0.3) is 11.1 Å². The van der Waals surface area contributed by atoms with Gasteiger partial charge >= 0.3 is 12.0 Å². The molecule has 0 spiro atoms. The number of hydrogen-bond donors (Lipinski definition) is 2. The van der Waals surface area contributed by atoms with Crippen molar-refractivity contribution >= 4 is 17.1 Å². The second-order valence-corrected chi connectivity index (χ2v) is 4.10. The van der Waals surface area contributed by atoms with Crippen LogP contribution in [0.1, 0.15) is 29.6 Å². The van der Waals surface area contributed by atoms with Gasteiger partial charge in [-0.3, -0.25) is 0 Å². The van der Waals surface area contributed by atoms with Gasteiger partial charge in [-0.1, -0.05) is 0 Å². The van der Waals surface area contributed by atoms with Crippen molar-refractivity contribution in [3.63, 3.8) is 0 Å². The van der Waals surface area contributed by atoms with E-state index in [4.69, 9.17) is 19.4 Å². The molecule has 1 heterocycles. The van der Waals surface area contributed by atoms with Crippen molar-refractivity contribution in [2.45, 2.75) is 19.3 Å². The Bertz CT molecular complexity index is 563. The van der Waals surface area contributed by atoms with E-state index >= 15 is 0 Å². The van der Waals surface area contributed by atoms with E-state index in [9.17, 15) is 4.79 Å². The summed E-state index contributed by atoms with van der Waals surface area (Å²) in [6.45, 7) is 0.638. The number of fused-ring (bicyclic) bond motifs is 1. The Morgan fingerprint density at radius 3 is 2.89 bits per heavy atom. The third-order valence-electron chi connectivity index (χ3n) is 2.64. The summed E-state index contributed by atoms with van der Waals surface area (Å²) in [5.41, 5.74) is 1.11. The zero-order valence-electron chi connectivity index (χ0n) is 10.3. The van der Waals surface area contributed by atoms with E-state index < -0.39 is 5.97 Å². The van der Waals surface area contributed by atoms with Crippen LogP contribution in [0.2, 0.25) is 0 Å². The monoisotopic (exact) mass is 265 g/mol. The first kappa shape index (κ1) is 13.4. The van der Waals surface area contributed by atoms with E-state index in [-0.39, 0.29) is 18.2 Å².